The van der Waals surface area contributed by atoms with E-state index in [4.69, 9.17) is 5.73 Å². The zero-order valence-corrected chi connectivity index (χ0v) is 10.2. The molecule has 2 aromatic rings. The molecule has 1 unspecified atom stereocenters. The molecule has 0 spiro atoms. The quantitative estimate of drug-likeness (QED) is 0.883. The number of fused-ring (bicyclic) bond motifs is 1. The molecule has 0 saturated heterocycles. The van der Waals surface area contributed by atoms with Gasteiger partial charge in [0, 0.05) is 23.2 Å². The van der Waals surface area contributed by atoms with Gasteiger partial charge in [-0.1, -0.05) is 0 Å². The molecule has 2 atom stereocenters. The lowest BCUT2D eigenvalue weighted by atomic mass is 10.1. The van der Waals surface area contributed by atoms with Crippen molar-refractivity contribution in [2.24, 2.45) is 5.73 Å². The summed E-state index contributed by atoms with van der Waals surface area (Å²) in [4.78, 5) is 8.66. The van der Waals surface area contributed by atoms with Crippen molar-refractivity contribution >= 4 is 11.3 Å². The second-order valence-electron chi connectivity index (χ2n) is 4.34. The summed E-state index contributed by atoms with van der Waals surface area (Å²) in [7, 11) is 0. The van der Waals surface area contributed by atoms with Crippen LogP contribution in [0.1, 0.15) is 28.1 Å². The van der Waals surface area contributed by atoms with Crippen LogP contribution in [0.4, 0.5) is 4.39 Å². The Balaban J connectivity index is 1.95. The monoisotopic (exact) mass is 252 g/mol. The molecule has 1 aliphatic heterocycles. The first-order valence-corrected chi connectivity index (χ1v) is 6.38. The molecule has 17 heavy (non-hydrogen) atoms. The minimum absolute atomic E-state index is 0.338. The van der Waals surface area contributed by atoms with E-state index in [1.807, 2.05) is 16.9 Å². The van der Waals surface area contributed by atoms with Crippen molar-refractivity contribution in [3.05, 3.63) is 33.8 Å². The summed E-state index contributed by atoms with van der Waals surface area (Å²) in [6, 6.07) is -0.338. The van der Waals surface area contributed by atoms with Gasteiger partial charge in [-0.3, -0.25) is 0 Å². The third-order valence-corrected chi connectivity index (χ3v) is 4.03. The summed E-state index contributed by atoms with van der Waals surface area (Å²) in [5, 5.41) is 2.80. The van der Waals surface area contributed by atoms with E-state index in [0.717, 1.165) is 22.1 Å². The first-order chi connectivity index (χ1) is 8.15. The van der Waals surface area contributed by atoms with Gasteiger partial charge in [0.1, 0.15) is 17.2 Å². The SMILES string of the molecule is Cc1csc(C(N)c2ncn3c2C[C@@H](F)C3)n1. The Morgan fingerprint density at radius 2 is 2.47 bits per heavy atom. The number of aromatic nitrogens is 3. The second kappa shape index (κ2) is 3.89. The zero-order chi connectivity index (χ0) is 12.0. The van der Waals surface area contributed by atoms with E-state index >= 15 is 0 Å². The lowest BCUT2D eigenvalue weighted by molar-refractivity contribution is 0.328. The highest BCUT2D eigenvalue weighted by Crippen LogP contribution is 2.28. The molecule has 0 amide bonds. The molecule has 90 valence electrons. The summed E-state index contributed by atoms with van der Waals surface area (Å²) in [5.41, 5.74) is 8.78. The molecule has 0 radical (unpaired) electrons. The Morgan fingerprint density at radius 3 is 3.18 bits per heavy atom. The third kappa shape index (κ3) is 1.77. The number of halogens is 1. The van der Waals surface area contributed by atoms with Gasteiger partial charge in [0.2, 0.25) is 0 Å². The van der Waals surface area contributed by atoms with Crippen molar-refractivity contribution in [1.82, 2.24) is 14.5 Å². The van der Waals surface area contributed by atoms with Gasteiger partial charge in [-0.05, 0) is 6.92 Å². The second-order valence-corrected chi connectivity index (χ2v) is 5.22. The average Bonchev–Trinajstić information content (AvgIpc) is 2.92. The standard InChI is InChI=1S/C11H13FN4S/c1-6-4-17-11(15-6)9(13)10-8-2-7(12)3-16(8)5-14-10/h4-5,7,9H,2-3,13H2,1H3/t7-,9?/m1/s1. The molecule has 0 bridgehead atoms. The molecular weight excluding hydrogens is 239 g/mol. The molecule has 2 N–H and O–H groups in total. The summed E-state index contributed by atoms with van der Waals surface area (Å²) in [6.07, 6.45) is 1.27. The fraction of sp³-hybridized carbons (Fsp3) is 0.455. The Hall–Kier alpha value is -1.27. The van der Waals surface area contributed by atoms with Crippen LogP contribution in [0, 0.1) is 6.92 Å². The maximum absolute atomic E-state index is 13.3. The Labute approximate surface area is 102 Å². The van der Waals surface area contributed by atoms with Crippen LogP contribution in [-0.4, -0.2) is 20.7 Å². The fourth-order valence-electron chi connectivity index (χ4n) is 2.18. The van der Waals surface area contributed by atoms with E-state index < -0.39 is 6.17 Å². The van der Waals surface area contributed by atoms with Crippen LogP contribution in [0.3, 0.4) is 0 Å². The van der Waals surface area contributed by atoms with E-state index in [9.17, 15) is 4.39 Å². The average molecular weight is 252 g/mol. The molecule has 4 nitrogen and oxygen atoms in total. The molecule has 3 heterocycles. The maximum Gasteiger partial charge on any atom is 0.123 e. The van der Waals surface area contributed by atoms with Crippen LogP contribution in [0.15, 0.2) is 11.7 Å². The van der Waals surface area contributed by atoms with Crippen molar-refractivity contribution in [2.45, 2.75) is 32.1 Å². The summed E-state index contributed by atoms with van der Waals surface area (Å²) in [6.45, 7) is 2.33. The largest absolute Gasteiger partial charge is 0.331 e. The smallest absolute Gasteiger partial charge is 0.123 e. The lowest BCUT2D eigenvalue weighted by Gasteiger charge is -2.07. The van der Waals surface area contributed by atoms with Crippen LogP contribution < -0.4 is 5.73 Å². The predicted molar refractivity (Wildman–Crippen MR) is 63.7 cm³/mol. The van der Waals surface area contributed by atoms with E-state index in [0.29, 0.717) is 13.0 Å². The number of rotatable bonds is 2. The summed E-state index contributed by atoms with van der Waals surface area (Å²) < 4.78 is 15.1. The van der Waals surface area contributed by atoms with Gasteiger partial charge in [0.05, 0.1) is 18.6 Å². The zero-order valence-electron chi connectivity index (χ0n) is 9.43. The molecule has 3 rings (SSSR count). The number of hydrogen-bond donors (Lipinski definition) is 1. The topological polar surface area (TPSA) is 56.7 Å². The molecule has 6 heteroatoms. The number of nitrogens with two attached hydrogens (primary N) is 1. The summed E-state index contributed by atoms with van der Waals surface area (Å²) >= 11 is 1.52. The van der Waals surface area contributed by atoms with Crippen LogP contribution in [0.5, 0.6) is 0 Å². The van der Waals surface area contributed by atoms with E-state index in [-0.39, 0.29) is 6.04 Å². The van der Waals surface area contributed by atoms with Gasteiger partial charge in [-0.15, -0.1) is 11.3 Å². The first kappa shape index (κ1) is 10.9. The van der Waals surface area contributed by atoms with Gasteiger partial charge in [0.25, 0.3) is 0 Å². The Bertz CT molecular complexity index is 547. The molecular formula is C11H13FN4S. The number of thiazole rings is 1. The highest BCUT2D eigenvalue weighted by atomic mass is 32.1. The van der Waals surface area contributed by atoms with E-state index in [1.165, 1.54) is 11.3 Å². The Kier molecular flexibility index (Phi) is 2.48. The minimum atomic E-state index is -0.808. The summed E-state index contributed by atoms with van der Waals surface area (Å²) in [5.74, 6) is 0. The molecule has 0 fully saturated rings. The normalized spacial score (nSPS) is 20.5. The van der Waals surface area contributed by atoms with Crippen LogP contribution in [0.2, 0.25) is 0 Å². The van der Waals surface area contributed by atoms with Crippen molar-refractivity contribution in [3.63, 3.8) is 0 Å². The van der Waals surface area contributed by atoms with Gasteiger partial charge < -0.3 is 10.3 Å². The van der Waals surface area contributed by atoms with Crippen LogP contribution >= 0.6 is 11.3 Å². The lowest BCUT2D eigenvalue weighted by Crippen LogP contribution is -2.14. The molecule has 0 saturated carbocycles. The molecule has 2 aromatic heterocycles. The van der Waals surface area contributed by atoms with Gasteiger partial charge in [-0.2, -0.15) is 0 Å². The number of aryl methyl sites for hydroxylation is 1. The van der Waals surface area contributed by atoms with E-state index in [1.54, 1.807) is 6.33 Å². The van der Waals surface area contributed by atoms with Crippen LogP contribution in [0.25, 0.3) is 0 Å². The van der Waals surface area contributed by atoms with Crippen LogP contribution in [-0.2, 0) is 13.0 Å². The van der Waals surface area contributed by atoms with Crippen molar-refractivity contribution in [2.75, 3.05) is 0 Å². The highest BCUT2D eigenvalue weighted by Gasteiger charge is 2.28. The molecule has 0 aliphatic carbocycles. The fourth-order valence-corrected chi connectivity index (χ4v) is 2.98. The first-order valence-electron chi connectivity index (χ1n) is 5.50. The molecule has 0 aromatic carbocycles. The number of imidazole rings is 1. The number of alkyl halides is 1. The van der Waals surface area contributed by atoms with Gasteiger partial charge >= 0.3 is 0 Å². The Morgan fingerprint density at radius 1 is 1.65 bits per heavy atom. The third-order valence-electron chi connectivity index (χ3n) is 2.99. The van der Waals surface area contributed by atoms with Crippen molar-refractivity contribution in [1.29, 1.82) is 0 Å². The highest BCUT2D eigenvalue weighted by molar-refractivity contribution is 7.09. The number of hydrogen-bond acceptors (Lipinski definition) is 4. The van der Waals surface area contributed by atoms with Gasteiger partial charge in [-0.25, -0.2) is 14.4 Å². The minimum Gasteiger partial charge on any atom is -0.331 e. The molecule has 1 aliphatic rings. The van der Waals surface area contributed by atoms with Crippen molar-refractivity contribution in [3.8, 4) is 0 Å². The maximum atomic E-state index is 13.3. The van der Waals surface area contributed by atoms with Gasteiger partial charge in [0.15, 0.2) is 0 Å². The predicted octanol–water partition coefficient (Wildman–Crippen LogP) is 1.59. The van der Waals surface area contributed by atoms with E-state index in [2.05, 4.69) is 9.97 Å². The number of nitrogens with zero attached hydrogens (tertiary/aromatic N) is 3. The van der Waals surface area contributed by atoms with Crippen molar-refractivity contribution < 1.29 is 4.39 Å².